The summed E-state index contributed by atoms with van der Waals surface area (Å²) in [5.74, 6) is -0.901. The van der Waals surface area contributed by atoms with E-state index < -0.39 is 6.10 Å². The maximum atomic E-state index is 12.7. The van der Waals surface area contributed by atoms with Crippen LogP contribution in [0.3, 0.4) is 0 Å². The standard InChI is InChI=1S/C59H100O6/c1-4-7-10-13-16-18-20-21-22-23-24-25-26-27-28-29-30-31-32-33-34-35-36-37-39-40-43-46-49-52-58(61)64-55-56(54-63-57(60)51-48-45-42-15-12-9-6-3)65-59(62)53-50-47-44-41-38-19-17-14-11-8-5-2/h7,10,14,16-18,21-22,24-25,27-28,30-31,56H,4-6,8-9,11-13,15,19-20,23,26,29,32-55H2,1-3H3/b10-7-,17-14-,18-16-,22-21-,25-24-,28-27-,31-30-. The second-order valence-electron chi connectivity index (χ2n) is 17.8. The minimum Gasteiger partial charge on any atom is -0.462 e. The summed E-state index contributed by atoms with van der Waals surface area (Å²) in [4.78, 5) is 37.8. The highest BCUT2D eigenvalue weighted by molar-refractivity contribution is 5.71. The van der Waals surface area contributed by atoms with Gasteiger partial charge in [0.1, 0.15) is 13.2 Å². The molecule has 0 saturated carbocycles. The molecule has 0 aromatic rings. The van der Waals surface area contributed by atoms with Gasteiger partial charge in [-0.25, -0.2) is 0 Å². The second kappa shape index (κ2) is 53.2. The molecule has 0 bridgehead atoms. The Hall–Kier alpha value is -3.41. The van der Waals surface area contributed by atoms with Crippen molar-refractivity contribution in [3.05, 3.63) is 85.1 Å². The van der Waals surface area contributed by atoms with E-state index in [1.54, 1.807) is 0 Å². The zero-order valence-electron chi connectivity index (χ0n) is 42.5. The molecule has 0 radical (unpaired) electrons. The molecule has 0 amide bonds. The molecule has 0 N–H and O–H groups in total. The third-order valence-electron chi connectivity index (χ3n) is 11.4. The third kappa shape index (κ3) is 51.4. The molecule has 0 aliphatic carbocycles. The molecule has 0 spiro atoms. The van der Waals surface area contributed by atoms with E-state index in [0.717, 1.165) is 109 Å². The Morgan fingerprint density at radius 3 is 1.00 bits per heavy atom. The van der Waals surface area contributed by atoms with Gasteiger partial charge in [0.25, 0.3) is 0 Å². The number of carbonyl (C=O) groups excluding carboxylic acids is 3. The van der Waals surface area contributed by atoms with Crippen molar-refractivity contribution in [1.82, 2.24) is 0 Å². The number of esters is 3. The third-order valence-corrected chi connectivity index (χ3v) is 11.4. The molecule has 0 aromatic heterocycles. The lowest BCUT2D eigenvalue weighted by molar-refractivity contribution is -0.167. The fourth-order valence-corrected chi connectivity index (χ4v) is 7.31. The van der Waals surface area contributed by atoms with E-state index in [1.165, 1.54) is 103 Å². The lowest BCUT2D eigenvalue weighted by atomic mass is 10.1. The molecule has 6 heteroatoms. The van der Waals surface area contributed by atoms with Crippen LogP contribution in [0.25, 0.3) is 0 Å². The highest BCUT2D eigenvalue weighted by Gasteiger charge is 2.19. The summed E-state index contributed by atoms with van der Waals surface area (Å²) in [5, 5.41) is 0. The summed E-state index contributed by atoms with van der Waals surface area (Å²) < 4.78 is 16.7. The quantitative estimate of drug-likeness (QED) is 0.0262. The smallest absolute Gasteiger partial charge is 0.306 e. The van der Waals surface area contributed by atoms with Crippen LogP contribution in [0.2, 0.25) is 0 Å². The van der Waals surface area contributed by atoms with Crippen LogP contribution < -0.4 is 0 Å². The minimum atomic E-state index is -0.777. The Morgan fingerprint density at radius 1 is 0.323 bits per heavy atom. The maximum Gasteiger partial charge on any atom is 0.306 e. The topological polar surface area (TPSA) is 78.9 Å². The molecule has 0 aromatic carbocycles. The first kappa shape index (κ1) is 61.6. The number of unbranched alkanes of at least 4 members (excludes halogenated alkanes) is 23. The highest BCUT2D eigenvalue weighted by atomic mass is 16.6. The van der Waals surface area contributed by atoms with Gasteiger partial charge in [-0.2, -0.15) is 0 Å². The van der Waals surface area contributed by atoms with Gasteiger partial charge in [-0.05, 0) is 89.9 Å². The SMILES string of the molecule is CC/C=C\C/C=C\C/C=C\C/C=C\C/C=C\C/C=C\CCCCCCCCCCCCC(=O)OCC(COC(=O)CCCCCCCCC)OC(=O)CCCCCCC/C=C\CCCC. The Bertz CT molecular complexity index is 1270. The van der Waals surface area contributed by atoms with Gasteiger partial charge in [0.05, 0.1) is 0 Å². The molecular weight excluding hydrogens is 805 g/mol. The van der Waals surface area contributed by atoms with Gasteiger partial charge in [0.15, 0.2) is 6.10 Å². The van der Waals surface area contributed by atoms with Crippen LogP contribution in [0.5, 0.6) is 0 Å². The molecule has 6 nitrogen and oxygen atoms in total. The summed E-state index contributed by atoms with van der Waals surface area (Å²) in [7, 11) is 0. The van der Waals surface area contributed by atoms with Crippen molar-refractivity contribution in [2.24, 2.45) is 0 Å². The van der Waals surface area contributed by atoms with Crippen LogP contribution in [-0.2, 0) is 28.6 Å². The summed E-state index contributed by atoms with van der Waals surface area (Å²) in [6, 6.07) is 0. The maximum absolute atomic E-state index is 12.7. The summed E-state index contributed by atoms with van der Waals surface area (Å²) in [6.07, 6.45) is 68.8. The van der Waals surface area contributed by atoms with Crippen molar-refractivity contribution in [3.8, 4) is 0 Å². The number of carbonyl (C=O) groups is 3. The van der Waals surface area contributed by atoms with E-state index in [1.807, 2.05) is 0 Å². The number of hydrogen-bond donors (Lipinski definition) is 0. The molecule has 372 valence electrons. The van der Waals surface area contributed by atoms with Crippen molar-refractivity contribution in [1.29, 1.82) is 0 Å². The molecule has 0 fully saturated rings. The van der Waals surface area contributed by atoms with Gasteiger partial charge in [-0.1, -0.05) is 228 Å². The predicted octanol–water partition coefficient (Wildman–Crippen LogP) is 18.0. The van der Waals surface area contributed by atoms with E-state index in [-0.39, 0.29) is 31.1 Å². The number of hydrogen-bond acceptors (Lipinski definition) is 6. The molecule has 1 atom stereocenters. The Kier molecular flexibility index (Phi) is 50.4. The zero-order chi connectivity index (χ0) is 47.2. The molecule has 0 rings (SSSR count). The van der Waals surface area contributed by atoms with E-state index >= 15 is 0 Å². The van der Waals surface area contributed by atoms with Gasteiger partial charge in [-0.15, -0.1) is 0 Å². The van der Waals surface area contributed by atoms with Crippen LogP contribution in [0.4, 0.5) is 0 Å². The Morgan fingerprint density at radius 2 is 0.615 bits per heavy atom. The average molecular weight is 905 g/mol. The van der Waals surface area contributed by atoms with Crippen LogP contribution in [-0.4, -0.2) is 37.2 Å². The number of rotatable bonds is 48. The Balaban J connectivity index is 4.10. The molecule has 0 aliphatic rings. The highest BCUT2D eigenvalue weighted by Crippen LogP contribution is 2.15. The van der Waals surface area contributed by atoms with E-state index in [4.69, 9.17) is 14.2 Å². The van der Waals surface area contributed by atoms with Gasteiger partial charge < -0.3 is 14.2 Å². The number of allylic oxidation sites excluding steroid dienone is 14. The first-order valence-electron chi connectivity index (χ1n) is 27.1. The van der Waals surface area contributed by atoms with E-state index in [9.17, 15) is 14.4 Å². The molecule has 0 heterocycles. The summed E-state index contributed by atoms with van der Waals surface area (Å²) in [5.41, 5.74) is 0. The van der Waals surface area contributed by atoms with Gasteiger partial charge >= 0.3 is 17.9 Å². The van der Waals surface area contributed by atoms with Crippen molar-refractivity contribution in [2.75, 3.05) is 13.2 Å². The first-order chi connectivity index (χ1) is 32.0. The van der Waals surface area contributed by atoms with Crippen molar-refractivity contribution in [2.45, 2.75) is 258 Å². The van der Waals surface area contributed by atoms with E-state index in [0.29, 0.717) is 19.3 Å². The van der Waals surface area contributed by atoms with Gasteiger partial charge in [0.2, 0.25) is 0 Å². The van der Waals surface area contributed by atoms with E-state index in [2.05, 4.69) is 106 Å². The van der Waals surface area contributed by atoms with Crippen LogP contribution in [0, 0.1) is 0 Å². The zero-order valence-corrected chi connectivity index (χ0v) is 42.5. The van der Waals surface area contributed by atoms with Crippen molar-refractivity contribution >= 4 is 17.9 Å². The van der Waals surface area contributed by atoms with Crippen LogP contribution in [0.1, 0.15) is 252 Å². The fraction of sp³-hybridized carbons (Fsp3) is 0.712. The van der Waals surface area contributed by atoms with Crippen LogP contribution >= 0.6 is 0 Å². The number of ether oxygens (including phenoxy) is 3. The Labute approximate surface area is 401 Å². The molecule has 0 aliphatic heterocycles. The average Bonchev–Trinajstić information content (AvgIpc) is 3.30. The fourth-order valence-electron chi connectivity index (χ4n) is 7.31. The normalized spacial score (nSPS) is 12.7. The molecular formula is C59H100O6. The molecule has 65 heavy (non-hydrogen) atoms. The lowest BCUT2D eigenvalue weighted by Crippen LogP contribution is -2.30. The monoisotopic (exact) mass is 905 g/mol. The first-order valence-corrected chi connectivity index (χ1v) is 27.1. The summed E-state index contributed by atoms with van der Waals surface area (Å²) >= 11 is 0. The lowest BCUT2D eigenvalue weighted by Gasteiger charge is -2.18. The summed E-state index contributed by atoms with van der Waals surface area (Å²) in [6.45, 7) is 6.43. The van der Waals surface area contributed by atoms with Gasteiger partial charge in [-0.3, -0.25) is 14.4 Å². The van der Waals surface area contributed by atoms with Crippen molar-refractivity contribution < 1.29 is 28.6 Å². The minimum absolute atomic E-state index is 0.0798. The largest absolute Gasteiger partial charge is 0.462 e. The second-order valence-corrected chi connectivity index (χ2v) is 17.8. The van der Waals surface area contributed by atoms with Gasteiger partial charge in [0, 0.05) is 19.3 Å². The molecule has 1 unspecified atom stereocenters. The predicted molar refractivity (Wildman–Crippen MR) is 279 cm³/mol. The van der Waals surface area contributed by atoms with Crippen molar-refractivity contribution in [3.63, 3.8) is 0 Å². The molecule has 0 saturated heterocycles. The van der Waals surface area contributed by atoms with Crippen LogP contribution in [0.15, 0.2) is 85.1 Å².